The topological polar surface area (TPSA) is 51.1 Å². The maximum absolute atomic E-state index is 5.85. The Labute approximate surface area is 130 Å². The van der Waals surface area contributed by atoms with Crippen LogP contribution in [0.2, 0.25) is 0 Å². The molecule has 0 radical (unpaired) electrons. The van der Waals surface area contributed by atoms with Crippen molar-refractivity contribution in [3.05, 3.63) is 41.6 Å². The van der Waals surface area contributed by atoms with Gasteiger partial charge in [-0.1, -0.05) is 18.2 Å². The lowest BCUT2D eigenvalue weighted by molar-refractivity contribution is 0.244. The van der Waals surface area contributed by atoms with E-state index in [-0.39, 0.29) is 0 Å². The van der Waals surface area contributed by atoms with Crippen LogP contribution in [0, 0.1) is 12.8 Å². The molecule has 22 heavy (non-hydrogen) atoms. The van der Waals surface area contributed by atoms with Crippen LogP contribution in [0.5, 0.6) is 5.75 Å². The minimum absolute atomic E-state index is 0.391. The molecule has 5 nitrogen and oxygen atoms in total. The lowest BCUT2D eigenvalue weighted by atomic mass is 9.97. The summed E-state index contributed by atoms with van der Waals surface area (Å²) in [4.78, 5) is 0. The van der Waals surface area contributed by atoms with E-state index >= 15 is 0 Å². The summed E-state index contributed by atoms with van der Waals surface area (Å²) in [5.41, 5.74) is 2.53. The Balaban J connectivity index is 1.42. The Morgan fingerprint density at radius 1 is 1.41 bits per heavy atom. The minimum Gasteiger partial charge on any atom is -0.493 e. The Kier molecular flexibility index (Phi) is 3.50. The van der Waals surface area contributed by atoms with Gasteiger partial charge in [0, 0.05) is 49.6 Å². The van der Waals surface area contributed by atoms with Crippen LogP contribution in [0.25, 0.3) is 0 Å². The summed E-state index contributed by atoms with van der Waals surface area (Å²) in [7, 11) is 0. The maximum Gasteiger partial charge on any atom is 0.126 e. The molecule has 0 fully saturated rings. The monoisotopic (exact) mass is 298 g/mol. The van der Waals surface area contributed by atoms with Gasteiger partial charge in [0.2, 0.25) is 0 Å². The Morgan fingerprint density at radius 2 is 2.36 bits per heavy atom. The molecule has 0 aliphatic carbocycles. The van der Waals surface area contributed by atoms with Crippen LogP contribution in [0.3, 0.4) is 0 Å². The summed E-state index contributed by atoms with van der Waals surface area (Å²) in [6, 6.07) is 8.84. The molecule has 0 bridgehead atoms. The molecule has 4 rings (SSSR count). The molecular formula is C17H22N4O. The zero-order valence-electron chi connectivity index (χ0n) is 12.9. The lowest BCUT2D eigenvalue weighted by Crippen LogP contribution is -2.38. The van der Waals surface area contributed by atoms with E-state index in [9.17, 15) is 0 Å². The first-order valence-electron chi connectivity index (χ1n) is 8.02. The molecule has 3 heterocycles. The molecule has 0 spiro atoms. The average Bonchev–Trinajstić information content (AvgIpc) is 3.01. The third-order valence-corrected chi connectivity index (χ3v) is 4.64. The summed E-state index contributed by atoms with van der Waals surface area (Å²) in [6.45, 7) is 5.88. The summed E-state index contributed by atoms with van der Waals surface area (Å²) < 4.78 is 7.90. The third-order valence-electron chi connectivity index (χ3n) is 4.64. The van der Waals surface area contributed by atoms with Crippen molar-refractivity contribution in [1.29, 1.82) is 0 Å². The number of hydrogen-bond acceptors (Lipinski definition) is 4. The standard InChI is InChI=1S/C17H22N4O/c1-12-3-2-4-14-15(6-8-22-17(12)14)18-9-13-10-19-16-5-7-20-21(16)11-13/h2-5,7,13,15,18-19H,6,8-11H2,1H3/t13-,15+/m1/s1. The zero-order valence-corrected chi connectivity index (χ0v) is 12.9. The fourth-order valence-electron chi connectivity index (χ4n) is 3.43. The van der Waals surface area contributed by atoms with Crippen molar-refractivity contribution in [1.82, 2.24) is 15.1 Å². The summed E-state index contributed by atoms with van der Waals surface area (Å²) in [5, 5.41) is 11.5. The number of anilines is 1. The van der Waals surface area contributed by atoms with E-state index in [1.807, 2.05) is 12.3 Å². The smallest absolute Gasteiger partial charge is 0.126 e. The fourth-order valence-corrected chi connectivity index (χ4v) is 3.43. The third kappa shape index (κ3) is 2.46. The molecule has 0 amide bonds. The molecule has 0 saturated carbocycles. The largest absolute Gasteiger partial charge is 0.493 e. The summed E-state index contributed by atoms with van der Waals surface area (Å²) in [5.74, 6) is 2.76. The van der Waals surface area contributed by atoms with Gasteiger partial charge in [-0.15, -0.1) is 0 Å². The number of rotatable bonds is 3. The fraction of sp³-hybridized carbons (Fsp3) is 0.471. The minimum atomic E-state index is 0.391. The Bertz CT molecular complexity index is 666. The molecule has 1 aromatic carbocycles. The van der Waals surface area contributed by atoms with Gasteiger partial charge in [0.05, 0.1) is 12.8 Å². The molecule has 116 valence electrons. The molecule has 0 saturated heterocycles. The van der Waals surface area contributed by atoms with Crippen LogP contribution in [-0.4, -0.2) is 29.5 Å². The van der Waals surface area contributed by atoms with Crippen LogP contribution in [0.1, 0.15) is 23.6 Å². The second-order valence-electron chi connectivity index (χ2n) is 6.24. The molecule has 2 N–H and O–H groups in total. The highest BCUT2D eigenvalue weighted by Gasteiger charge is 2.24. The lowest BCUT2D eigenvalue weighted by Gasteiger charge is -2.31. The van der Waals surface area contributed by atoms with E-state index in [4.69, 9.17) is 4.74 Å². The zero-order chi connectivity index (χ0) is 14.9. The first-order chi connectivity index (χ1) is 10.8. The quantitative estimate of drug-likeness (QED) is 0.913. The average molecular weight is 298 g/mol. The second-order valence-corrected chi connectivity index (χ2v) is 6.24. The number of benzene rings is 1. The Morgan fingerprint density at radius 3 is 3.32 bits per heavy atom. The SMILES string of the molecule is Cc1cccc2c1OCC[C@@H]2NC[C@@H]1CNc2ccnn2C1. The van der Waals surface area contributed by atoms with E-state index in [0.717, 1.165) is 44.2 Å². The Hall–Kier alpha value is -2.01. The van der Waals surface area contributed by atoms with Crippen LogP contribution in [-0.2, 0) is 6.54 Å². The number of nitrogens with zero attached hydrogens (tertiary/aromatic N) is 2. The molecule has 2 atom stereocenters. The predicted molar refractivity (Wildman–Crippen MR) is 86.2 cm³/mol. The molecule has 5 heteroatoms. The van der Waals surface area contributed by atoms with Crippen molar-refractivity contribution >= 4 is 5.82 Å². The van der Waals surface area contributed by atoms with E-state index in [1.165, 1.54) is 11.1 Å². The molecule has 1 aromatic heterocycles. The number of para-hydroxylation sites is 1. The number of ether oxygens (including phenoxy) is 1. The predicted octanol–water partition coefficient (Wildman–Crippen LogP) is 2.35. The normalized spacial score (nSPS) is 23.1. The van der Waals surface area contributed by atoms with Crippen molar-refractivity contribution in [2.24, 2.45) is 5.92 Å². The first-order valence-corrected chi connectivity index (χ1v) is 8.02. The van der Waals surface area contributed by atoms with E-state index in [1.54, 1.807) is 0 Å². The van der Waals surface area contributed by atoms with Crippen molar-refractivity contribution in [2.45, 2.75) is 25.9 Å². The van der Waals surface area contributed by atoms with Crippen LogP contribution >= 0.6 is 0 Å². The van der Waals surface area contributed by atoms with Gasteiger partial charge >= 0.3 is 0 Å². The van der Waals surface area contributed by atoms with E-state index in [2.05, 4.69) is 45.5 Å². The van der Waals surface area contributed by atoms with Gasteiger partial charge in [-0.3, -0.25) is 0 Å². The number of aromatic nitrogens is 2. The van der Waals surface area contributed by atoms with E-state index < -0.39 is 0 Å². The van der Waals surface area contributed by atoms with Crippen LogP contribution < -0.4 is 15.4 Å². The van der Waals surface area contributed by atoms with Crippen LogP contribution in [0.15, 0.2) is 30.5 Å². The van der Waals surface area contributed by atoms with Gasteiger partial charge < -0.3 is 15.4 Å². The van der Waals surface area contributed by atoms with Gasteiger partial charge in [-0.05, 0) is 12.5 Å². The van der Waals surface area contributed by atoms with Gasteiger partial charge in [0.15, 0.2) is 0 Å². The number of aryl methyl sites for hydroxylation is 1. The molecule has 2 aromatic rings. The van der Waals surface area contributed by atoms with Gasteiger partial charge in [-0.25, -0.2) is 4.68 Å². The number of fused-ring (bicyclic) bond motifs is 2. The molecular weight excluding hydrogens is 276 g/mol. The van der Waals surface area contributed by atoms with Crippen LogP contribution in [0.4, 0.5) is 5.82 Å². The highest BCUT2D eigenvalue weighted by atomic mass is 16.5. The van der Waals surface area contributed by atoms with Crippen molar-refractivity contribution in [3.8, 4) is 5.75 Å². The number of hydrogen-bond donors (Lipinski definition) is 2. The molecule has 0 unspecified atom stereocenters. The van der Waals surface area contributed by atoms with Crippen molar-refractivity contribution in [2.75, 3.05) is 25.0 Å². The first kappa shape index (κ1) is 13.6. The highest BCUT2D eigenvalue weighted by Crippen LogP contribution is 2.34. The van der Waals surface area contributed by atoms with Crippen molar-refractivity contribution < 1.29 is 4.74 Å². The summed E-state index contributed by atoms with van der Waals surface area (Å²) in [6.07, 6.45) is 2.89. The maximum atomic E-state index is 5.85. The van der Waals surface area contributed by atoms with Crippen molar-refractivity contribution in [3.63, 3.8) is 0 Å². The van der Waals surface area contributed by atoms with E-state index in [0.29, 0.717) is 12.0 Å². The molecule has 2 aliphatic heterocycles. The van der Waals surface area contributed by atoms with Gasteiger partial charge in [-0.2, -0.15) is 5.10 Å². The highest BCUT2D eigenvalue weighted by molar-refractivity contribution is 5.43. The van der Waals surface area contributed by atoms with Gasteiger partial charge in [0.25, 0.3) is 0 Å². The number of nitrogens with one attached hydrogen (secondary N) is 2. The summed E-state index contributed by atoms with van der Waals surface area (Å²) >= 11 is 0. The second kappa shape index (κ2) is 5.65. The molecule has 2 aliphatic rings. The van der Waals surface area contributed by atoms with Gasteiger partial charge in [0.1, 0.15) is 11.6 Å².